The molecule has 0 aromatic heterocycles. The molecule has 6 rings (SSSR count). The number of hydrogen-bond acceptors (Lipinski definition) is 5. The first-order chi connectivity index (χ1) is 28.4. The second-order valence-corrected chi connectivity index (χ2v) is 18.1. The van der Waals surface area contributed by atoms with Crippen LogP contribution in [0, 0.1) is 11.6 Å². The maximum absolute atomic E-state index is 14.7. The number of amides is 4. The third-order valence-electron chi connectivity index (χ3n) is 10.6. The Balaban J connectivity index is 0.000000230. The lowest BCUT2D eigenvalue weighted by atomic mass is 9.84. The molecule has 2 aliphatic rings. The Labute approximate surface area is 362 Å². The molecule has 2 heterocycles. The Kier molecular flexibility index (Phi) is 15.2. The van der Waals surface area contributed by atoms with E-state index in [2.05, 4.69) is 4.72 Å². The van der Waals surface area contributed by atoms with Gasteiger partial charge in [0.15, 0.2) is 0 Å². The van der Waals surface area contributed by atoms with E-state index < -0.39 is 26.9 Å². The predicted molar refractivity (Wildman–Crippen MR) is 237 cm³/mol. The fraction of sp³-hybridized carbons (Fsp3) is 0.333. The van der Waals surface area contributed by atoms with E-state index in [-0.39, 0.29) is 31.0 Å². The van der Waals surface area contributed by atoms with Crippen molar-refractivity contribution in [2.24, 2.45) is 5.73 Å². The molecule has 0 fully saturated rings. The smallest absolute Gasteiger partial charge is 0.320 e. The van der Waals surface area contributed by atoms with Gasteiger partial charge in [0.25, 0.3) is 0 Å². The zero-order chi connectivity index (χ0) is 43.8. The van der Waals surface area contributed by atoms with Crippen molar-refractivity contribution >= 4 is 56.4 Å². The molecule has 3 N–H and O–H groups in total. The number of hydrogen-bond donors (Lipinski definition) is 2. The summed E-state index contributed by atoms with van der Waals surface area (Å²) in [5.41, 5.74) is 8.27. The van der Waals surface area contributed by atoms with Crippen LogP contribution in [-0.2, 0) is 21.1 Å². The summed E-state index contributed by atoms with van der Waals surface area (Å²) in [4.78, 5) is 32.9. The molecule has 60 heavy (non-hydrogen) atoms. The summed E-state index contributed by atoms with van der Waals surface area (Å²) in [6.07, 6.45) is 7.34. The van der Waals surface area contributed by atoms with Crippen LogP contribution in [0.3, 0.4) is 0 Å². The highest BCUT2D eigenvalue weighted by molar-refractivity contribution is 7.88. The van der Waals surface area contributed by atoms with E-state index in [4.69, 9.17) is 28.9 Å². The summed E-state index contributed by atoms with van der Waals surface area (Å²) in [5, 5.41) is 0.865. The molecule has 2 atom stereocenters. The molecule has 15 heteroatoms. The Morgan fingerprint density at radius 1 is 0.700 bits per heavy atom. The van der Waals surface area contributed by atoms with Crippen LogP contribution in [0.15, 0.2) is 109 Å². The second kappa shape index (κ2) is 19.7. The number of nitrogens with two attached hydrogens (primary N) is 1. The highest BCUT2D eigenvalue weighted by atomic mass is 35.5. The molecule has 0 spiro atoms. The topological polar surface area (TPSA) is 119 Å². The van der Waals surface area contributed by atoms with Crippen LogP contribution in [0.2, 0.25) is 10.0 Å². The maximum atomic E-state index is 14.7. The summed E-state index contributed by atoms with van der Waals surface area (Å²) in [6, 6.07) is 27.9. The Hall–Kier alpha value is -4.79. The fourth-order valence-electron chi connectivity index (χ4n) is 7.84. The predicted octanol–water partition coefficient (Wildman–Crippen LogP) is 8.58. The van der Waals surface area contributed by atoms with Crippen molar-refractivity contribution in [3.63, 3.8) is 0 Å². The number of sulfonamides is 1. The van der Waals surface area contributed by atoms with Gasteiger partial charge in [-0.25, -0.2) is 31.5 Å². The molecule has 320 valence electrons. The minimum absolute atomic E-state index is 0.130. The number of nitrogens with one attached hydrogen (secondary N) is 1. The molecule has 10 nitrogen and oxygen atoms in total. The summed E-state index contributed by atoms with van der Waals surface area (Å²) in [7, 11) is 3.45. The van der Waals surface area contributed by atoms with Gasteiger partial charge in [-0.05, 0) is 103 Å². The number of nitrogens with zero attached hydrogens (tertiary/aromatic N) is 4. The van der Waals surface area contributed by atoms with E-state index in [1.807, 2.05) is 72.8 Å². The van der Waals surface area contributed by atoms with Gasteiger partial charge in [-0.15, -0.1) is 0 Å². The number of halogens is 4. The highest BCUT2D eigenvalue weighted by Crippen LogP contribution is 2.46. The number of carbonyl (C=O) groups excluding carboxylic acids is 2. The zero-order valence-corrected chi connectivity index (χ0v) is 36.8. The van der Waals surface area contributed by atoms with Crippen molar-refractivity contribution in [3.05, 3.63) is 153 Å². The van der Waals surface area contributed by atoms with E-state index in [0.29, 0.717) is 59.1 Å². The molecular formula is C45H52Cl2F2N6O4S. The third kappa shape index (κ3) is 10.6. The van der Waals surface area contributed by atoms with Gasteiger partial charge in [0.05, 0.1) is 17.3 Å². The van der Waals surface area contributed by atoms with E-state index in [9.17, 15) is 26.8 Å². The van der Waals surface area contributed by atoms with E-state index in [1.165, 1.54) is 29.2 Å². The van der Waals surface area contributed by atoms with Crippen molar-refractivity contribution in [1.82, 2.24) is 24.3 Å². The van der Waals surface area contributed by atoms with E-state index >= 15 is 0 Å². The van der Waals surface area contributed by atoms with Gasteiger partial charge in [0.1, 0.15) is 11.6 Å². The molecule has 0 radical (unpaired) electrons. The van der Waals surface area contributed by atoms with Crippen LogP contribution < -0.4 is 10.5 Å². The SMILES string of the molecule is CN(C)C(=O)N1CC(c2cc(Cl)ccc2F)=CC1(CCCN)c1ccccc1.CN(C)C(=O)N1CC(c2cc(Cl)ccc2F)=CC1(CCCNS(C)(=O)=O)c1ccccc1. The number of rotatable bonds is 12. The van der Waals surface area contributed by atoms with Crippen LogP contribution in [-0.4, -0.2) is 101 Å². The van der Waals surface area contributed by atoms with Crippen molar-refractivity contribution < 1.29 is 26.8 Å². The van der Waals surface area contributed by atoms with Gasteiger partial charge in [-0.1, -0.05) is 83.9 Å². The molecule has 0 saturated heterocycles. The molecule has 0 aliphatic carbocycles. The lowest BCUT2D eigenvalue weighted by Crippen LogP contribution is -2.49. The third-order valence-corrected chi connectivity index (χ3v) is 11.8. The van der Waals surface area contributed by atoms with Crippen LogP contribution in [0.4, 0.5) is 18.4 Å². The largest absolute Gasteiger partial charge is 0.331 e. The van der Waals surface area contributed by atoms with Gasteiger partial charge in [-0.3, -0.25) is 0 Å². The first-order valence-electron chi connectivity index (χ1n) is 19.5. The molecule has 4 aromatic carbocycles. The number of benzene rings is 4. The first-order valence-corrected chi connectivity index (χ1v) is 22.1. The normalized spacial score (nSPS) is 18.7. The van der Waals surface area contributed by atoms with Crippen LogP contribution in [0.25, 0.3) is 11.1 Å². The average Bonchev–Trinajstić information content (AvgIpc) is 3.81. The number of carbonyl (C=O) groups is 2. The summed E-state index contributed by atoms with van der Waals surface area (Å²) in [6.45, 7) is 1.23. The quantitative estimate of drug-likeness (QED) is 0.138. The molecule has 4 amide bonds. The van der Waals surface area contributed by atoms with Crippen molar-refractivity contribution in [2.45, 2.75) is 36.8 Å². The minimum Gasteiger partial charge on any atom is -0.331 e. The lowest BCUT2D eigenvalue weighted by molar-refractivity contribution is 0.130. The molecular weight excluding hydrogens is 830 g/mol. The lowest BCUT2D eigenvalue weighted by Gasteiger charge is -2.40. The first kappa shape index (κ1) is 46.3. The monoisotopic (exact) mass is 880 g/mol. The molecule has 2 unspecified atom stereocenters. The van der Waals surface area contributed by atoms with Gasteiger partial charge in [-0.2, -0.15) is 0 Å². The average molecular weight is 882 g/mol. The zero-order valence-electron chi connectivity index (χ0n) is 34.5. The fourth-order valence-corrected chi connectivity index (χ4v) is 8.70. The highest BCUT2D eigenvalue weighted by Gasteiger charge is 2.46. The van der Waals surface area contributed by atoms with Gasteiger partial charge in [0.2, 0.25) is 10.0 Å². The standard InChI is InChI=1S/C23H27ClFN3O3S.C22H25ClFN3O/c1-27(2)22(29)28-16-17(20-14-19(24)10-11-21(20)25)15-23(28,18-8-5-4-6-9-18)12-7-13-26-32(3,30)31;1-26(2)21(28)27-15-16(19-13-18(23)9-10-20(19)24)14-22(27,11-6-12-25)17-7-4-3-5-8-17/h4-6,8-11,14-15,26H,7,12-13,16H2,1-3H3;3-5,7-10,13-14H,6,11-12,15,25H2,1-2H3. The van der Waals surface area contributed by atoms with Crippen molar-refractivity contribution in [1.29, 1.82) is 0 Å². The molecule has 0 bridgehead atoms. The summed E-state index contributed by atoms with van der Waals surface area (Å²) >= 11 is 12.2. The molecule has 4 aromatic rings. The second-order valence-electron chi connectivity index (χ2n) is 15.4. The molecule has 2 aliphatic heterocycles. The van der Waals surface area contributed by atoms with Crippen LogP contribution in [0.5, 0.6) is 0 Å². The van der Waals surface area contributed by atoms with Crippen molar-refractivity contribution in [2.75, 3.05) is 60.6 Å². The Morgan fingerprint density at radius 3 is 1.47 bits per heavy atom. The summed E-state index contributed by atoms with van der Waals surface area (Å²) in [5.74, 6) is -0.768. The van der Waals surface area contributed by atoms with Crippen LogP contribution in [0.1, 0.15) is 47.9 Å². The van der Waals surface area contributed by atoms with Crippen molar-refractivity contribution in [3.8, 4) is 0 Å². The number of urea groups is 2. The Bertz CT molecular complexity index is 2330. The minimum atomic E-state index is -3.33. The summed E-state index contributed by atoms with van der Waals surface area (Å²) < 4.78 is 54.8. The Morgan fingerprint density at radius 2 is 1.10 bits per heavy atom. The van der Waals surface area contributed by atoms with Crippen LogP contribution >= 0.6 is 23.2 Å². The van der Waals surface area contributed by atoms with Gasteiger partial charge in [0, 0.05) is 69.0 Å². The van der Waals surface area contributed by atoms with E-state index in [0.717, 1.165) is 29.4 Å². The van der Waals surface area contributed by atoms with Gasteiger partial charge < -0.3 is 25.3 Å². The molecule has 0 saturated carbocycles. The maximum Gasteiger partial charge on any atom is 0.320 e. The van der Waals surface area contributed by atoms with Gasteiger partial charge >= 0.3 is 12.1 Å². The van der Waals surface area contributed by atoms with E-state index in [1.54, 1.807) is 55.0 Å².